The summed E-state index contributed by atoms with van der Waals surface area (Å²) in [4.78, 5) is 0. The fourth-order valence-corrected chi connectivity index (χ4v) is 2.54. The summed E-state index contributed by atoms with van der Waals surface area (Å²) in [6.07, 6.45) is 3.91. The molecule has 2 heteroatoms. The molecule has 0 heterocycles. The van der Waals surface area contributed by atoms with Gasteiger partial charge < -0.3 is 10.4 Å². The van der Waals surface area contributed by atoms with Gasteiger partial charge in [0.05, 0.1) is 6.61 Å². The first-order valence-corrected chi connectivity index (χ1v) is 5.48. The van der Waals surface area contributed by atoms with Crippen molar-refractivity contribution in [2.75, 3.05) is 6.61 Å². The van der Waals surface area contributed by atoms with E-state index in [2.05, 4.69) is 19.2 Å². The Kier molecular flexibility index (Phi) is 4.20. The molecule has 0 bridgehead atoms. The van der Waals surface area contributed by atoms with Gasteiger partial charge in [-0.1, -0.05) is 13.8 Å². The Labute approximate surface area is 81.7 Å². The minimum Gasteiger partial charge on any atom is -0.395 e. The molecule has 1 aliphatic carbocycles. The summed E-state index contributed by atoms with van der Waals surface area (Å²) in [5, 5.41) is 12.4. The molecule has 0 aliphatic heterocycles. The van der Waals surface area contributed by atoms with Crippen molar-refractivity contribution in [2.45, 2.75) is 52.1 Å². The van der Waals surface area contributed by atoms with Crippen LogP contribution in [-0.2, 0) is 0 Å². The molecule has 2 nitrogen and oxygen atoms in total. The van der Waals surface area contributed by atoms with E-state index in [4.69, 9.17) is 5.11 Å². The molecule has 0 spiro atoms. The number of hydrogen-bond donors (Lipinski definition) is 2. The van der Waals surface area contributed by atoms with Gasteiger partial charge in [0.1, 0.15) is 0 Å². The van der Waals surface area contributed by atoms with Crippen LogP contribution in [0.25, 0.3) is 0 Å². The summed E-state index contributed by atoms with van der Waals surface area (Å²) in [6.45, 7) is 6.95. The zero-order valence-corrected chi connectivity index (χ0v) is 9.09. The van der Waals surface area contributed by atoms with Crippen molar-refractivity contribution in [3.8, 4) is 0 Å². The molecule has 0 saturated heterocycles. The Balaban J connectivity index is 2.32. The monoisotopic (exact) mass is 185 g/mol. The first-order valence-electron chi connectivity index (χ1n) is 5.48. The third-order valence-corrected chi connectivity index (χ3v) is 2.97. The highest BCUT2D eigenvalue weighted by Crippen LogP contribution is 2.28. The van der Waals surface area contributed by atoms with Gasteiger partial charge in [0.15, 0.2) is 0 Å². The number of hydrogen-bond acceptors (Lipinski definition) is 2. The lowest BCUT2D eigenvalue weighted by Crippen LogP contribution is -2.42. The van der Waals surface area contributed by atoms with Crippen LogP contribution < -0.4 is 5.32 Å². The second-order valence-electron chi connectivity index (χ2n) is 4.86. The Morgan fingerprint density at radius 3 is 2.23 bits per heavy atom. The van der Waals surface area contributed by atoms with Gasteiger partial charge in [0.2, 0.25) is 0 Å². The maximum absolute atomic E-state index is 8.93. The molecule has 1 aliphatic rings. The van der Waals surface area contributed by atoms with Gasteiger partial charge in [-0.3, -0.25) is 0 Å². The first kappa shape index (κ1) is 11.0. The summed E-state index contributed by atoms with van der Waals surface area (Å²) >= 11 is 0. The Hall–Kier alpha value is -0.0800. The third kappa shape index (κ3) is 3.65. The van der Waals surface area contributed by atoms with E-state index in [-0.39, 0.29) is 12.6 Å². The highest BCUT2D eigenvalue weighted by Gasteiger charge is 2.24. The standard InChI is InChI=1S/C11H23NO/c1-8-4-9(2)6-11(5-8)12-10(3)7-13/h8-13H,4-7H2,1-3H3. The normalized spacial score (nSPS) is 37.4. The lowest BCUT2D eigenvalue weighted by Gasteiger charge is -2.33. The van der Waals surface area contributed by atoms with E-state index in [1.165, 1.54) is 19.3 Å². The molecular formula is C11H23NO. The molecule has 3 atom stereocenters. The molecule has 0 aromatic rings. The van der Waals surface area contributed by atoms with Crippen molar-refractivity contribution in [2.24, 2.45) is 11.8 Å². The fourth-order valence-electron chi connectivity index (χ4n) is 2.54. The number of aliphatic hydroxyl groups is 1. The Morgan fingerprint density at radius 2 is 1.77 bits per heavy atom. The highest BCUT2D eigenvalue weighted by molar-refractivity contribution is 4.81. The molecular weight excluding hydrogens is 162 g/mol. The summed E-state index contributed by atoms with van der Waals surface area (Å²) in [6, 6.07) is 0.878. The smallest absolute Gasteiger partial charge is 0.0582 e. The van der Waals surface area contributed by atoms with Gasteiger partial charge in [-0.15, -0.1) is 0 Å². The molecule has 13 heavy (non-hydrogen) atoms. The van der Waals surface area contributed by atoms with E-state index in [0.29, 0.717) is 6.04 Å². The molecule has 2 N–H and O–H groups in total. The molecule has 78 valence electrons. The minimum absolute atomic E-state index is 0.249. The number of nitrogens with one attached hydrogen (secondary N) is 1. The predicted molar refractivity (Wildman–Crippen MR) is 55.7 cm³/mol. The molecule has 0 aromatic carbocycles. The van der Waals surface area contributed by atoms with Gasteiger partial charge >= 0.3 is 0 Å². The van der Waals surface area contributed by atoms with Crippen molar-refractivity contribution < 1.29 is 5.11 Å². The molecule has 0 amide bonds. The van der Waals surface area contributed by atoms with Gasteiger partial charge in [0.25, 0.3) is 0 Å². The largest absolute Gasteiger partial charge is 0.395 e. The summed E-state index contributed by atoms with van der Waals surface area (Å²) < 4.78 is 0. The van der Waals surface area contributed by atoms with E-state index in [1.807, 2.05) is 6.92 Å². The van der Waals surface area contributed by atoms with Crippen LogP contribution in [0.5, 0.6) is 0 Å². The predicted octanol–water partition coefficient (Wildman–Crippen LogP) is 1.78. The molecule has 3 unspecified atom stereocenters. The fraction of sp³-hybridized carbons (Fsp3) is 1.00. The van der Waals surface area contributed by atoms with Crippen LogP contribution in [0.3, 0.4) is 0 Å². The van der Waals surface area contributed by atoms with Crippen molar-refractivity contribution >= 4 is 0 Å². The lowest BCUT2D eigenvalue weighted by atomic mass is 9.80. The second kappa shape index (κ2) is 4.97. The van der Waals surface area contributed by atoms with Crippen LogP contribution >= 0.6 is 0 Å². The third-order valence-electron chi connectivity index (χ3n) is 2.97. The molecule has 0 radical (unpaired) electrons. The van der Waals surface area contributed by atoms with Gasteiger partial charge in [-0.2, -0.15) is 0 Å². The zero-order chi connectivity index (χ0) is 9.84. The average Bonchev–Trinajstić information content (AvgIpc) is 2.02. The molecule has 1 rings (SSSR count). The SMILES string of the molecule is CC1CC(C)CC(NC(C)CO)C1. The van der Waals surface area contributed by atoms with Crippen LogP contribution in [0, 0.1) is 11.8 Å². The maximum atomic E-state index is 8.93. The van der Waals surface area contributed by atoms with Gasteiger partial charge in [0, 0.05) is 12.1 Å². The summed E-state index contributed by atoms with van der Waals surface area (Å²) in [5.74, 6) is 1.68. The second-order valence-corrected chi connectivity index (χ2v) is 4.86. The van der Waals surface area contributed by atoms with Crippen LogP contribution in [0.1, 0.15) is 40.0 Å². The number of aliphatic hydroxyl groups excluding tert-OH is 1. The van der Waals surface area contributed by atoms with Crippen LogP contribution in [0.2, 0.25) is 0 Å². The minimum atomic E-state index is 0.249. The topological polar surface area (TPSA) is 32.3 Å². The highest BCUT2D eigenvalue weighted by atomic mass is 16.3. The van der Waals surface area contributed by atoms with E-state index in [1.54, 1.807) is 0 Å². The maximum Gasteiger partial charge on any atom is 0.0582 e. The first-order chi connectivity index (χ1) is 6.11. The van der Waals surface area contributed by atoms with Gasteiger partial charge in [-0.05, 0) is 38.0 Å². The van der Waals surface area contributed by atoms with E-state index in [9.17, 15) is 0 Å². The average molecular weight is 185 g/mol. The van der Waals surface area contributed by atoms with E-state index < -0.39 is 0 Å². The molecule has 0 aromatic heterocycles. The lowest BCUT2D eigenvalue weighted by molar-refractivity contribution is 0.192. The summed E-state index contributed by atoms with van der Waals surface area (Å²) in [7, 11) is 0. The zero-order valence-electron chi connectivity index (χ0n) is 9.09. The van der Waals surface area contributed by atoms with E-state index >= 15 is 0 Å². The van der Waals surface area contributed by atoms with Crippen LogP contribution in [-0.4, -0.2) is 23.8 Å². The van der Waals surface area contributed by atoms with Crippen molar-refractivity contribution in [3.05, 3.63) is 0 Å². The van der Waals surface area contributed by atoms with Gasteiger partial charge in [-0.25, -0.2) is 0 Å². The van der Waals surface area contributed by atoms with Crippen molar-refractivity contribution in [1.29, 1.82) is 0 Å². The van der Waals surface area contributed by atoms with Crippen molar-refractivity contribution in [3.63, 3.8) is 0 Å². The van der Waals surface area contributed by atoms with E-state index in [0.717, 1.165) is 11.8 Å². The number of rotatable bonds is 3. The Morgan fingerprint density at radius 1 is 1.23 bits per heavy atom. The quantitative estimate of drug-likeness (QED) is 0.702. The Bertz CT molecular complexity index is 139. The van der Waals surface area contributed by atoms with Crippen LogP contribution in [0.4, 0.5) is 0 Å². The molecule has 1 saturated carbocycles. The summed E-state index contributed by atoms with van der Waals surface area (Å²) in [5.41, 5.74) is 0. The van der Waals surface area contributed by atoms with Crippen molar-refractivity contribution in [1.82, 2.24) is 5.32 Å². The van der Waals surface area contributed by atoms with Crippen LogP contribution in [0.15, 0.2) is 0 Å². The molecule has 1 fully saturated rings.